The second-order valence-corrected chi connectivity index (χ2v) is 8.12. The number of imidazole rings is 1. The zero-order valence-corrected chi connectivity index (χ0v) is 15.1. The predicted molar refractivity (Wildman–Crippen MR) is 97.6 cm³/mol. The van der Waals surface area contributed by atoms with Crippen molar-refractivity contribution in [3.63, 3.8) is 0 Å². The van der Waals surface area contributed by atoms with E-state index in [0.29, 0.717) is 11.4 Å². The van der Waals surface area contributed by atoms with Crippen LogP contribution in [-0.2, 0) is 13.0 Å². The standard InChI is InChI=1S/C20H19F3N2S/c1-20(13-25-11-10-24-14-25,9-8-15-2-4-16(21)5-3-15)26-19-7-6-17(22)12-18(19)23/h2-7,10-12,14H,8-9,13H2,1H3. The lowest BCUT2D eigenvalue weighted by atomic mass is 10.00. The molecular weight excluding hydrogens is 357 g/mol. The molecule has 6 heteroatoms. The van der Waals surface area contributed by atoms with Crippen molar-refractivity contribution in [2.45, 2.75) is 36.0 Å². The van der Waals surface area contributed by atoms with Crippen LogP contribution in [0.3, 0.4) is 0 Å². The molecule has 3 rings (SSSR count). The number of benzene rings is 2. The maximum atomic E-state index is 14.1. The van der Waals surface area contributed by atoms with Crippen LogP contribution in [0.5, 0.6) is 0 Å². The zero-order valence-electron chi connectivity index (χ0n) is 14.3. The summed E-state index contributed by atoms with van der Waals surface area (Å²) in [6, 6.07) is 10.0. The van der Waals surface area contributed by atoms with Crippen LogP contribution in [0.15, 0.2) is 66.1 Å². The van der Waals surface area contributed by atoms with Crippen molar-refractivity contribution in [3.05, 3.63) is 84.2 Å². The van der Waals surface area contributed by atoms with E-state index in [9.17, 15) is 13.2 Å². The van der Waals surface area contributed by atoms with Gasteiger partial charge in [0.1, 0.15) is 17.5 Å². The van der Waals surface area contributed by atoms with Gasteiger partial charge in [0.25, 0.3) is 0 Å². The molecule has 0 N–H and O–H groups in total. The highest BCUT2D eigenvalue weighted by atomic mass is 32.2. The molecule has 0 aliphatic carbocycles. The molecule has 1 aromatic heterocycles. The Kier molecular flexibility index (Phi) is 5.71. The summed E-state index contributed by atoms with van der Waals surface area (Å²) in [5, 5.41) is 0. The van der Waals surface area contributed by atoms with Crippen LogP contribution in [0.25, 0.3) is 0 Å². The smallest absolute Gasteiger partial charge is 0.139 e. The average Bonchev–Trinajstić information content (AvgIpc) is 3.10. The molecule has 0 aliphatic heterocycles. The van der Waals surface area contributed by atoms with Crippen molar-refractivity contribution < 1.29 is 13.2 Å². The Hall–Kier alpha value is -2.21. The molecule has 0 amide bonds. The number of thioether (sulfide) groups is 1. The van der Waals surface area contributed by atoms with E-state index >= 15 is 0 Å². The van der Waals surface area contributed by atoms with E-state index in [0.717, 1.165) is 24.5 Å². The summed E-state index contributed by atoms with van der Waals surface area (Å²) in [7, 11) is 0. The lowest BCUT2D eigenvalue weighted by molar-refractivity contribution is 0.492. The molecule has 0 saturated heterocycles. The van der Waals surface area contributed by atoms with Crippen molar-refractivity contribution in [1.29, 1.82) is 0 Å². The number of rotatable bonds is 7. The van der Waals surface area contributed by atoms with Gasteiger partial charge in [0.15, 0.2) is 0 Å². The summed E-state index contributed by atoms with van der Waals surface area (Å²) < 4.78 is 42.0. The van der Waals surface area contributed by atoms with Crippen molar-refractivity contribution in [3.8, 4) is 0 Å². The molecule has 1 heterocycles. The molecule has 2 aromatic carbocycles. The number of aromatic nitrogens is 2. The first-order chi connectivity index (χ1) is 12.4. The molecule has 1 unspecified atom stereocenters. The average molecular weight is 376 g/mol. The summed E-state index contributed by atoms with van der Waals surface area (Å²) >= 11 is 1.38. The second kappa shape index (κ2) is 7.99. The van der Waals surface area contributed by atoms with Gasteiger partial charge in [0.05, 0.1) is 6.33 Å². The maximum Gasteiger partial charge on any atom is 0.139 e. The van der Waals surface area contributed by atoms with Crippen molar-refractivity contribution in [1.82, 2.24) is 9.55 Å². The van der Waals surface area contributed by atoms with Gasteiger partial charge in [-0.3, -0.25) is 0 Å². The molecule has 0 fully saturated rings. The summed E-state index contributed by atoms with van der Waals surface area (Å²) in [5.74, 6) is -1.42. The van der Waals surface area contributed by atoms with Gasteiger partial charge in [-0.15, -0.1) is 11.8 Å². The van der Waals surface area contributed by atoms with Gasteiger partial charge in [-0.1, -0.05) is 12.1 Å². The number of aryl methyl sites for hydroxylation is 1. The Morgan fingerprint density at radius 1 is 1.04 bits per heavy atom. The van der Waals surface area contributed by atoms with E-state index in [2.05, 4.69) is 4.98 Å². The largest absolute Gasteiger partial charge is 0.336 e. The first kappa shape index (κ1) is 18.6. The highest BCUT2D eigenvalue weighted by molar-refractivity contribution is 8.00. The highest BCUT2D eigenvalue weighted by Crippen LogP contribution is 2.39. The molecular formula is C20H19F3N2S. The molecule has 0 saturated carbocycles. The molecule has 0 spiro atoms. The Morgan fingerprint density at radius 3 is 2.42 bits per heavy atom. The van der Waals surface area contributed by atoms with Crippen LogP contribution in [0.4, 0.5) is 13.2 Å². The SMILES string of the molecule is CC(CCc1ccc(F)cc1)(Cn1ccnc1)Sc1ccc(F)cc1F. The van der Waals surface area contributed by atoms with Gasteiger partial charge in [0, 0.05) is 34.6 Å². The Morgan fingerprint density at radius 2 is 1.77 bits per heavy atom. The van der Waals surface area contributed by atoms with Gasteiger partial charge in [-0.05, 0) is 49.6 Å². The molecule has 0 radical (unpaired) electrons. The monoisotopic (exact) mass is 376 g/mol. The van der Waals surface area contributed by atoms with E-state index < -0.39 is 11.6 Å². The lowest BCUT2D eigenvalue weighted by Crippen LogP contribution is -2.27. The third-order valence-corrected chi connectivity index (χ3v) is 5.56. The second-order valence-electron chi connectivity index (χ2n) is 6.49. The van der Waals surface area contributed by atoms with Gasteiger partial charge < -0.3 is 4.57 Å². The Labute approximate surface area is 155 Å². The molecule has 2 nitrogen and oxygen atoms in total. The predicted octanol–water partition coefficient (Wildman–Crippen LogP) is 5.48. The van der Waals surface area contributed by atoms with E-state index in [-0.39, 0.29) is 10.6 Å². The van der Waals surface area contributed by atoms with E-state index in [1.807, 2.05) is 17.7 Å². The van der Waals surface area contributed by atoms with Crippen LogP contribution in [0.1, 0.15) is 18.9 Å². The minimum Gasteiger partial charge on any atom is -0.336 e. The molecule has 3 aromatic rings. The fourth-order valence-corrected chi connectivity index (χ4v) is 4.05. The van der Waals surface area contributed by atoms with Crippen molar-refractivity contribution in [2.24, 2.45) is 0 Å². The minimum absolute atomic E-state index is 0.266. The van der Waals surface area contributed by atoms with Gasteiger partial charge >= 0.3 is 0 Å². The molecule has 1 atom stereocenters. The van der Waals surface area contributed by atoms with Crippen LogP contribution >= 0.6 is 11.8 Å². The van der Waals surface area contributed by atoms with E-state index in [1.165, 1.54) is 36.0 Å². The van der Waals surface area contributed by atoms with E-state index in [1.54, 1.807) is 24.7 Å². The summed E-state index contributed by atoms with van der Waals surface area (Å²) in [6.45, 7) is 2.67. The van der Waals surface area contributed by atoms with Crippen LogP contribution in [0, 0.1) is 17.5 Å². The van der Waals surface area contributed by atoms with Gasteiger partial charge in [-0.2, -0.15) is 0 Å². The molecule has 0 aliphatic rings. The summed E-state index contributed by atoms with van der Waals surface area (Å²) in [4.78, 5) is 4.47. The Bertz CT molecular complexity index is 850. The van der Waals surface area contributed by atoms with Crippen LogP contribution < -0.4 is 0 Å². The number of nitrogens with zero attached hydrogens (tertiary/aromatic N) is 2. The molecule has 136 valence electrons. The first-order valence-electron chi connectivity index (χ1n) is 8.28. The molecule has 26 heavy (non-hydrogen) atoms. The van der Waals surface area contributed by atoms with Crippen molar-refractivity contribution in [2.75, 3.05) is 0 Å². The maximum absolute atomic E-state index is 14.1. The lowest BCUT2D eigenvalue weighted by Gasteiger charge is -2.30. The van der Waals surface area contributed by atoms with Gasteiger partial charge in [-0.25, -0.2) is 18.2 Å². The third-order valence-electron chi connectivity index (χ3n) is 4.18. The fourth-order valence-electron chi connectivity index (χ4n) is 2.81. The first-order valence-corrected chi connectivity index (χ1v) is 9.09. The van der Waals surface area contributed by atoms with Crippen LogP contribution in [-0.4, -0.2) is 14.3 Å². The quantitative estimate of drug-likeness (QED) is 0.508. The summed E-state index contributed by atoms with van der Waals surface area (Å²) in [6.07, 6.45) is 6.73. The number of hydrogen-bond donors (Lipinski definition) is 0. The normalized spacial score (nSPS) is 13.5. The number of halogens is 3. The van der Waals surface area contributed by atoms with E-state index in [4.69, 9.17) is 0 Å². The minimum atomic E-state index is -0.588. The Balaban J connectivity index is 1.79. The zero-order chi connectivity index (χ0) is 18.6. The highest BCUT2D eigenvalue weighted by Gasteiger charge is 2.27. The fraction of sp³-hybridized carbons (Fsp3) is 0.250. The van der Waals surface area contributed by atoms with Crippen LogP contribution in [0.2, 0.25) is 0 Å². The summed E-state index contributed by atoms with van der Waals surface area (Å²) in [5.41, 5.74) is 1.02. The topological polar surface area (TPSA) is 17.8 Å². The van der Waals surface area contributed by atoms with Crippen molar-refractivity contribution >= 4 is 11.8 Å². The number of hydrogen-bond acceptors (Lipinski definition) is 2. The molecule has 0 bridgehead atoms. The third kappa shape index (κ3) is 4.91. The van der Waals surface area contributed by atoms with Gasteiger partial charge in [0.2, 0.25) is 0 Å².